The predicted octanol–water partition coefficient (Wildman–Crippen LogP) is 4.37. The van der Waals surface area contributed by atoms with Gasteiger partial charge in [0.25, 0.3) is 6.43 Å². The SMILES string of the molecule is C=C(Nc1ccc(N2CCN(C)CC2)cn1)/C(=C(\N=CN)Oc1cc(F)c2[nH]c(C)cc2c1F)C(F)F. The van der Waals surface area contributed by atoms with E-state index in [0.29, 0.717) is 12.0 Å². The first-order valence-corrected chi connectivity index (χ1v) is 11.5. The molecule has 0 bridgehead atoms. The van der Waals surface area contributed by atoms with Gasteiger partial charge < -0.3 is 30.6 Å². The van der Waals surface area contributed by atoms with Gasteiger partial charge in [0.15, 0.2) is 17.4 Å². The number of rotatable bonds is 8. The molecule has 3 heterocycles. The van der Waals surface area contributed by atoms with Crippen molar-refractivity contribution in [1.29, 1.82) is 0 Å². The Morgan fingerprint density at radius 3 is 2.59 bits per heavy atom. The number of aromatic nitrogens is 2. The number of benzene rings is 1. The maximum atomic E-state index is 15.0. The van der Waals surface area contributed by atoms with E-state index in [1.807, 2.05) is 6.07 Å². The highest BCUT2D eigenvalue weighted by Crippen LogP contribution is 2.33. The summed E-state index contributed by atoms with van der Waals surface area (Å²) in [5.74, 6) is -2.90. The Labute approximate surface area is 211 Å². The molecule has 1 saturated heterocycles. The zero-order valence-corrected chi connectivity index (χ0v) is 20.4. The Balaban J connectivity index is 1.60. The van der Waals surface area contributed by atoms with E-state index in [1.54, 1.807) is 19.2 Å². The van der Waals surface area contributed by atoms with Crippen LogP contribution in [-0.4, -0.2) is 60.9 Å². The Kier molecular flexibility index (Phi) is 7.67. The van der Waals surface area contributed by atoms with Crippen molar-refractivity contribution in [2.24, 2.45) is 10.7 Å². The molecule has 8 nitrogen and oxygen atoms in total. The summed E-state index contributed by atoms with van der Waals surface area (Å²) in [6, 6.07) is 5.58. The van der Waals surface area contributed by atoms with Crippen molar-refractivity contribution < 1.29 is 22.3 Å². The number of nitrogens with one attached hydrogen (secondary N) is 2. The number of hydrogen-bond acceptors (Lipinski definition) is 6. The van der Waals surface area contributed by atoms with E-state index in [4.69, 9.17) is 10.5 Å². The number of fused-ring (bicyclic) bond motifs is 1. The minimum Gasteiger partial charge on any atom is -0.435 e. The van der Waals surface area contributed by atoms with Crippen molar-refractivity contribution in [3.63, 3.8) is 0 Å². The first kappa shape index (κ1) is 26.0. The van der Waals surface area contributed by atoms with Crippen molar-refractivity contribution >= 4 is 28.7 Å². The fourth-order valence-corrected chi connectivity index (χ4v) is 4.02. The van der Waals surface area contributed by atoms with Crippen LogP contribution in [-0.2, 0) is 0 Å². The monoisotopic (exact) mass is 517 g/mol. The molecule has 0 radical (unpaired) electrons. The van der Waals surface area contributed by atoms with E-state index in [0.717, 1.165) is 37.9 Å². The number of aliphatic imine (C=N–C) groups is 1. The number of nitrogens with zero attached hydrogens (tertiary/aromatic N) is 4. The van der Waals surface area contributed by atoms with Gasteiger partial charge in [0.2, 0.25) is 5.88 Å². The summed E-state index contributed by atoms with van der Waals surface area (Å²) >= 11 is 0. The number of halogens is 4. The molecule has 2 aromatic heterocycles. The van der Waals surface area contributed by atoms with Crippen molar-refractivity contribution in [3.8, 4) is 5.75 Å². The lowest BCUT2D eigenvalue weighted by atomic mass is 10.2. The Hall–Kier alpha value is -4.06. The molecular formula is C25H27F4N7O. The average Bonchev–Trinajstić information content (AvgIpc) is 3.26. The fraction of sp³-hybridized carbons (Fsp3) is 0.280. The molecular weight excluding hydrogens is 490 g/mol. The third kappa shape index (κ3) is 5.69. The van der Waals surface area contributed by atoms with Crippen LogP contribution in [0.5, 0.6) is 5.75 Å². The third-order valence-corrected chi connectivity index (χ3v) is 5.97. The van der Waals surface area contributed by atoms with Crippen LogP contribution in [0.3, 0.4) is 0 Å². The zero-order chi connectivity index (χ0) is 26.7. The topological polar surface area (TPSA) is 94.8 Å². The van der Waals surface area contributed by atoms with Crippen LogP contribution in [0.4, 0.5) is 29.1 Å². The number of ether oxygens (including phenoxy) is 1. The summed E-state index contributed by atoms with van der Waals surface area (Å²) in [6.07, 6.45) is -0.801. The summed E-state index contributed by atoms with van der Waals surface area (Å²) in [6.45, 7) is 8.82. The summed E-state index contributed by atoms with van der Waals surface area (Å²) in [7, 11) is 2.05. The molecule has 0 saturated carbocycles. The number of aryl methyl sites for hydroxylation is 1. The lowest BCUT2D eigenvalue weighted by molar-refractivity contribution is 0.185. The number of H-pyrrole nitrogens is 1. The smallest absolute Gasteiger partial charge is 0.271 e. The van der Waals surface area contributed by atoms with Gasteiger partial charge in [-0.05, 0) is 32.2 Å². The molecule has 0 spiro atoms. The van der Waals surface area contributed by atoms with Gasteiger partial charge in [0.05, 0.1) is 23.7 Å². The number of allylic oxidation sites excluding steroid dienone is 1. The quantitative estimate of drug-likeness (QED) is 0.135. The van der Waals surface area contributed by atoms with Crippen LogP contribution in [0.2, 0.25) is 0 Å². The zero-order valence-electron chi connectivity index (χ0n) is 20.4. The normalized spacial score (nSPS) is 15.5. The van der Waals surface area contributed by atoms with Crippen LogP contribution in [0.1, 0.15) is 5.69 Å². The minimum absolute atomic E-state index is 0.0681. The molecule has 0 atom stereocenters. The van der Waals surface area contributed by atoms with Gasteiger partial charge in [-0.15, -0.1) is 0 Å². The highest BCUT2D eigenvalue weighted by molar-refractivity contribution is 5.83. The van der Waals surface area contributed by atoms with E-state index in [2.05, 4.69) is 43.7 Å². The Bertz CT molecular complexity index is 1340. The summed E-state index contributed by atoms with van der Waals surface area (Å²) < 4.78 is 63.2. The second-order valence-corrected chi connectivity index (χ2v) is 8.61. The third-order valence-electron chi connectivity index (χ3n) is 5.97. The molecule has 12 heteroatoms. The van der Waals surface area contributed by atoms with Crippen LogP contribution >= 0.6 is 0 Å². The van der Waals surface area contributed by atoms with Gasteiger partial charge in [-0.25, -0.2) is 27.5 Å². The van der Waals surface area contributed by atoms with E-state index >= 15 is 4.39 Å². The molecule has 1 aromatic carbocycles. The second-order valence-electron chi connectivity index (χ2n) is 8.61. The maximum absolute atomic E-state index is 15.0. The Morgan fingerprint density at radius 1 is 1.24 bits per heavy atom. The van der Waals surface area contributed by atoms with Gasteiger partial charge >= 0.3 is 0 Å². The van der Waals surface area contributed by atoms with E-state index < -0.39 is 35.3 Å². The first-order chi connectivity index (χ1) is 17.7. The number of hydrogen-bond donors (Lipinski definition) is 3. The van der Waals surface area contributed by atoms with E-state index in [1.165, 1.54) is 6.07 Å². The van der Waals surface area contributed by atoms with Crippen LogP contribution in [0, 0.1) is 18.6 Å². The molecule has 1 aliphatic rings. The number of piperazine rings is 1. The molecule has 196 valence electrons. The standard InChI is InChI=1S/C25H27F4N7O/c1-14-10-17-22(27)19(11-18(26)23(17)33-14)37-25(32-13-30)21(24(28)29)15(2)34-20-5-4-16(12-31-20)36-8-6-35(3)7-9-36/h4-5,10-13,24,33H,2,6-9H2,1,3H3,(H2,30,32)(H,31,34)/b25-21-. The van der Waals surface area contributed by atoms with Crippen molar-refractivity contribution in [1.82, 2.24) is 14.9 Å². The highest BCUT2D eigenvalue weighted by Gasteiger charge is 2.25. The number of likely N-dealkylation sites (N-methyl/N-ethyl adjacent to an activating group) is 1. The van der Waals surface area contributed by atoms with E-state index in [-0.39, 0.29) is 22.4 Å². The van der Waals surface area contributed by atoms with Gasteiger partial charge in [-0.3, -0.25) is 0 Å². The average molecular weight is 518 g/mol. The van der Waals surface area contributed by atoms with Crippen LogP contribution < -0.4 is 20.7 Å². The molecule has 1 aliphatic heterocycles. The number of pyridine rings is 1. The highest BCUT2D eigenvalue weighted by atomic mass is 19.3. The van der Waals surface area contributed by atoms with Gasteiger partial charge in [-0.1, -0.05) is 6.58 Å². The number of anilines is 2. The molecule has 0 amide bonds. The van der Waals surface area contributed by atoms with Crippen molar-refractivity contribution in [2.45, 2.75) is 13.3 Å². The van der Waals surface area contributed by atoms with Gasteiger partial charge in [0, 0.05) is 49.0 Å². The largest absolute Gasteiger partial charge is 0.435 e. The first-order valence-electron chi connectivity index (χ1n) is 11.5. The van der Waals surface area contributed by atoms with Gasteiger partial charge in [-0.2, -0.15) is 0 Å². The van der Waals surface area contributed by atoms with Crippen molar-refractivity contribution in [2.75, 3.05) is 43.4 Å². The molecule has 4 rings (SSSR count). The van der Waals surface area contributed by atoms with Crippen LogP contribution in [0.15, 0.2) is 59.2 Å². The maximum Gasteiger partial charge on any atom is 0.271 e. The minimum atomic E-state index is -3.14. The fourth-order valence-electron chi connectivity index (χ4n) is 4.02. The number of aromatic amines is 1. The summed E-state index contributed by atoms with van der Waals surface area (Å²) in [5, 5.41) is 2.61. The number of alkyl halides is 2. The molecule has 37 heavy (non-hydrogen) atoms. The van der Waals surface area contributed by atoms with Crippen molar-refractivity contribution in [3.05, 3.63) is 71.5 Å². The molecule has 0 aliphatic carbocycles. The van der Waals surface area contributed by atoms with Crippen LogP contribution in [0.25, 0.3) is 10.9 Å². The predicted molar refractivity (Wildman–Crippen MR) is 136 cm³/mol. The lowest BCUT2D eigenvalue weighted by Gasteiger charge is -2.33. The molecule has 3 aromatic rings. The van der Waals surface area contributed by atoms with E-state index in [9.17, 15) is 13.2 Å². The number of nitrogens with two attached hydrogens (primary N) is 1. The second kappa shape index (κ2) is 10.9. The molecule has 0 unspecified atom stereocenters. The summed E-state index contributed by atoms with van der Waals surface area (Å²) in [5.41, 5.74) is 5.59. The lowest BCUT2D eigenvalue weighted by Crippen LogP contribution is -2.44. The summed E-state index contributed by atoms with van der Waals surface area (Å²) in [4.78, 5) is 15.0. The Morgan fingerprint density at radius 2 is 1.97 bits per heavy atom. The molecule has 1 fully saturated rings. The van der Waals surface area contributed by atoms with Gasteiger partial charge in [0.1, 0.15) is 11.4 Å². The molecule has 4 N–H and O–H groups in total.